The molecule has 246 valence electrons. The number of carbonyl (C=O) groups is 4. The monoisotopic (exact) mass is 648 g/mol. The summed E-state index contributed by atoms with van der Waals surface area (Å²) in [6.45, 7) is 8.87. The maximum Gasteiger partial charge on any atom is 0.258 e. The highest BCUT2D eigenvalue weighted by molar-refractivity contribution is 7.99. The molecule has 0 aliphatic carbocycles. The molecule has 1 aliphatic heterocycles. The Hall–Kier alpha value is -4.09. The van der Waals surface area contributed by atoms with Crippen LogP contribution in [0.15, 0.2) is 72.8 Å². The van der Waals surface area contributed by atoms with E-state index in [-0.39, 0.29) is 30.7 Å². The van der Waals surface area contributed by atoms with Gasteiger partial charge in [0, 0.05) is 16.7 Å². The van der Waals surface area contributed by atoms with Crippen LogP contribution in [0.3, 0.4) is 0 Å². The molecule has 0 saturated carbocycles. The molecular formula is C35H44N4O6S. The van der Waals surface area contributed by atoms with Gasteiger partial charge in [-0.25, -0.2) is 0 Å². The Balaban J connectivity index is 1.47. The molecule has 1 heterocycles. The standard InChI is InChI=1S/C35H44N4O6S/c1-22(2)30(37-29(40)19-45-28-17-11-15-24-14-9-10-16-25(24)28)33(43)36-26(18-23-12-7-6-8-13-23)31(41)34(44)39-21-46-20-27(39)32(42)38-35(3,4)5/h6-17,22,26-27,30-31,41H,18-21H2,1-5H3,(H,36,43)(H,37,40)(H,38,42)/t26-,27-,30-,31-/m0/s1. The topological polar surface area (TPSA) is 137 Å². The highest BCUT2D eigenvalue weighted by Crippen LogP contribution is 2.26. The second-order valence-corrected chi connectivity index (χ2v) is 13.9. The minimum absolute atomic E-state index is 0.155. The molecule has 0 radical (unpaired) electrons. The average molecular weight is 649 g/mol. The predicted molar refractivity (Wildman–Crippen MR) is 180 cm³/mol. The smallest absolute Gasteiger partial charge is 0.258 e. The Bertz CT molecular complexity index is 1520. The molecule has 11 heteroatoms. The van der Waals surface area contributed by atoms with Gasteiger partial charge in [-0.1, -0.05) is 80.6 Å². The SMILES string of the molecule is CC(C)[C@H](NC(=O)COc1cccc2ccccc12)C(=O)N[C@@H](Cc1ccccc1)[C@H](O)C(=O)N1CSC[C@H]1C(=O)NC(C)(C)C. The molecule has 1 saturated heterocycles. The van der Waals surface area contributed by atoms with E-state index in [9.17, 15) is 24.3 Å². The number of hydrogen-bond acceptors (Lipinski definition) is 7. The van der Waals surface area contributed by atoms with Crippen molar-refractivity contribution in [1.82, 2.24) is 20.9 Å². The fraction of sp³-hybridized carbons (Fsp3) is 0.429. The van der Waals surface area contributed by atoms with Crippen molar-refractivity contribution in [2.45, 2.75) is 70.8 Å². The summed E-state index contributed by atoms with van der Waals surface area (Å²) in [5.74, 6) is -1.09. The van der Waals surface area contributed by atoms with Gasteiger partial charge < -0.3 is 30.7 Å². The number of aliphatic hydroxyl groups excluding tert-OH is 1. The Morgan fingerprint density at radius 3 is 2.33 bits per heavy atom. The summed E-state index contributed by atoms with van der Waals surface area (Å²) in [6.07, 6.45) is -1.48. The van der Waals surface area contributed by atoms with Gasteiger partial charge in [0.25, 0.3) is 11.8 Å². The Morgan fingerprint density at radius 2 is 1.63 bits per heavy atom. The number of nitrogens with zero attached hydrogens (tertiary/aromatic N) is 1. The maximum atomic E-state index is 13.7. The van der Waals surface area contributed by atoms with Gasteiger partial charge in [-0.05, 0) is 50.1 Å². The van der Waals surface area contributed by atoms with Gasteiger partial charge in [0.15, 0.2) is 12.7 Å². The number of carbonyl (C=O) groups excluding carboxylic acids is 4. The summed E-state index contributed by atoms with van der Waals surface area (Å²) in [5, 5.41) is 21.8. The van der Waals surface area contributed by atoms with Crippen LogP contribution < -0.4 is 20.7 Å². The molecule has 0 spiro atoms. The maximum absolute atomic E-state index is 13.7. The zero-order valence-electron chi connectivity index (χ0n) is 27.0. The molecular weight excluding hydrogens is 604 g/mol. The zero-order valence-corrected chi connectivity index (χ0v) is 27.8. The minimum Gasteiger partial charge on any atom is -0.483 e. The lowest BCUT2D eigenvalue weighted by atomic mass is 9.97. The van der Waals surface area contributed by atoms with Crippen LogP contribution in [-0.2, 0) is 25.6 Å². The third-order valence-electron chi connectivity index (χ3n) is 7.60. The first-order valence-corrected chi connectivity index (χ1v) is 16.6. The lowest BCUT2D eigenvalue weighted by Gasteiger charge is -2.32. The number of ether oxygens (including phenoxy) is 1. The molecule has 3 aromatic rings. The summed E-state index contributed by atoms with van der Waals surface area (Å²) in [5.41, 5.74) is 0.309. The molecule has 0 unspecified atom stereocenters. The summed E-state index contributed by atoms with van der Waals surface area (Å²) in [6, 6.07) is 19.7. The van der Waals surface area contributed by atoms with Crippen LogP contribution in [0.5, 0.6) is 5.75 Å². The molecule has 4 atom stereocenters. The van der Waals surface area contributed by atoms with Crippen molar-refractivity contribution in [3.63, 3.8) is 0 Å². The number of thioether (sulfide) groups is 1. The molecule has 10 nitrogen and oxygen atoms in total. The highest BCUT2D eigenvalue weighted by atomic mass is 32.2. The molecule has 46 heavy (non-hydrogen) atoms. The van der Waals surface area contributed by atoms with Crippen molar-refractivity contribution in [2.24, 2.45) is 5.92 Å². The van der Waals surface area contributed by atoms with E-state index in [1.165, 1.54) is 16.7 Å². The minimum atomic E-state index is -1.63. The van der Waals surface area contributed by atoms with Crippen molar-refractivity contribution < 1.29 is 29.0 Å². The fourth-order valence-electron chi connectivity index (χ4n) is 5.27. The average Bonchev–Trinajstić information content (AvgIpc) is 3.51. The zero-order chi connectivity index (χ0) is 33.4. The van der Waals surface area contributed by atoms with E-state index in [4.69, 9.17) is 4.74 Å². The van der Waals surface area contributed by atoms with E-state index >= 15 is 0 Å². The van der Waals surface area contributed by atoms with Crippen LogP contribution in [0, 0.1) is 5.92 Å². The summed E-state index contributed by atoms with van der Waals surface area (Å²) < 4.78 is 5.82. The van der Waals surface area contributed by atoms with Crippen molar-refractivity contribution in [3.05, 3.63) is 78.4 Å². The molecule has 1 aliphatic rings. The third kappa shape index (κ3) is 9.23. The van der Waals surface area contributed by atoms with Crippen LogP contribution in [-0.4, -0.2) is 81.6 Å². The van der Waals surface area contributed by atoms with Gasteiger partial charge >= 0.3 is 0 Å². The molecule has 3 aromatic carbocycles. The molecule has 4 N–H and O–H groups in total. The summed E-state index contributed by atoms with van der Waals surface area (Å²) in [7, 11) is 0. The Labute approximate surface area is 274 Å². The molecule has 1 fully saturated rings. The van der Waals surface area contributed by atoms with Gasteiger partial charge in [-0.3, -0.25) is 19.2 Å². The number of hydrogen-bond donors (Lipinski definition) is 4. The summed E-state index contributed by atoms with van der Waals surface area (Å²) >= 11 is 1.43. The number of aliphatic hydroxyl groups is 1. The van der Waals surface area contributed by atoms with E-state index < -0.39 is 47.5 Å². The molecule has 0 aromatic heterocycles. The van der Waals surface area contributed by atoms with Crippen molar-refractivity contribution in [3.8, 4) is 5.75 Å². The fourth-order valence-corrected chi connectivity index (χ4v) is 6.43. The van der Waals surface area contributed by atoms with Crippen molar-refractivity contribution in [1.29, 1.82) is 0 Å². The first kappa shape index (κ1) is 34.8. The largest absolute Gasteiger partial charge is 0.483 e. The lowest BCUT2D eigenvalue weighted by molar-refractivity contribution is -0.147. The van der Waals surface area contributed by atoms with Gasteiger partial charge in [-0.15, -0.1) is 11.8 Å². The second kappa shape index (κ2) is 15.5. The van der Waals surface area contributed by atoms with Crippen molar-refractivity contribution >= 4 is 46.2 Å². The van der Waals surface area contributed by atoms with Crippen LogP contribution in [0.25, 0.3) is 10.8 Å². The quantitative estimate of drug-likeness (QED) is 0.237. The first-order chi connectivity index (χ1) is 21.8. The second-order valence-electron chi connectivity index (χ2n) is 12.9. The summed E-state index contributed by atoms with van der Waals surface area (Å²) in [4.78, 5) is 54.7. The van der Waals surface area contributed by atoms with E-state index in [1.807, 2.05) is 87.5 Å². The number of rotatable bonds is 12. The van der Waals surface area contributed by atoms with E-state index in [2.05, 4.69) is 16.0 Å². The molecule has 4 amide bonds. The van der Waals surface area contributed by atoms with E-state index in [0.717, 1.165) is 16.3 Å². The third-order valence-corrected chi connectivity index (χ3v) is 8.61. The molecule has 0 bridgehead atoms. The lowest BCUT2D eigenvalue weighted by Crippen LogP contribution is -2.60. The van der Waals surface area contributed by atoms with Gasteiger partial charge in [-0.2, -0.15) is 0 Å². The number of fused-ring (bicyclic) bond motifs is 1. The van der Waals surface area contributed by atoms with Crippen LogP contribution in [0.2, 0.25) is 0 Å². The van der Waals surface area contributed by atoms with Gasteiger partial charge in [0.05, 0.1) is 11.9 Å². The van der Waals surface area contributed by atoms with Crippen molar-refractivity contribution in [2.75, 3.05) is 18.2 Å². The number of nitrogens with one attached hydrogen (secondary N) is 3. The number of amides is 4. The van der Waals surface area contributed by atoms with Crippen LogP contribution in [0.4, 0.5) is 0 Å². The Morgan fingerprint density at radius 1 is 0.957 bits per heavy atom. The normalized spacial score (nSPS) is 16.8. The van der Waals surface area contributed by atoms with E-state index in [0.29, 0.717) is 11.5 Å². The van der Waals surface area contributed by atoms with Crippen LogP contribution >= 0.6 is 11.8 Å². The van der Waals surface area contributed by atoms with Gasteiger partial charge in [0.1, 0.15) is 17.8 Å². The Kier molecular flexibility index (Phi) is 11.7. The van der Waals surface area contributed by atoms with Crippen LogP contribution in [0.1, 0.15) is 40.2 Å². The highest BCUT2D eigenvalue weighted by Gasteiger charge is 2.41. The molecule has 4 rings (SSSR count). The first-order valence-electron chi connectivity index (χ1n) is 15.5. The van der Waals surface area contributed by atoms with E-state index in [1.54, 1.807) is 19.9 Å². The predicted octanol–water partition coefficient (Wildman–Crippen LogP) is 3.26. The number of benzene rings is 3. The van der Waals surface area contributed by atoms with Gasteiger partial charge in [0.2, 0.25) is 11.8 Å².